The molecular formula is C23H34N4O4S. The van der Waals surface area contributed by atoms with Crippen LogP contribution in [0.1, 0.15) is 75.7 Å². The van der Waals surface area contributed by atoms with E-state index in [1.807, 2.05) is 27.8 Å². The fraction of sp³-hybridized carbons (Fsp3) is 0.696. The van der Waals surface area contributed by atoms with Crippen LogP contribution < -0.4 is 10.5 Å². The SMILES string of the molecule is CN(C(=O)OC(C)(C)C)C1CCC(Oc2ncnc3sc4c(c23)[C@@H](CC(N)O)CC4)CC1. The van der Waals surface area contributed by atoms with E-state index in [0.29, 0.717) is 12.3 Å². The number of aliphatic hydroxyl groups is 1. The van der Waals surface area contributed by atoms with Gasteiger partial charge >= 0.3 is 6.09 Å². The molecule has 1 amide bonds. The fourth-order valence-electron chi connectivity index (χ4n) is 4.85. The van der Waals surface area contributed by atoms with Gasteiger partial charge in [-0.25, -0.2) is 14.8 Å². The van der Waals surface area contributed by atoms with Crippen LogP contribution in [0.3, 0.4) is 0 Å². The van der Waals surface area contributed by atoms with Crippen molar-refractivity contribution in [3.63, 3.8) is 0 Å². The summed E-state index contributed by atoms with van der Waals surface area (Å²) in [4.78, 5) is 25.3. The number of carbonyl (C=O) groups is 1. The van der Waals surface area contributed by atoms with Crippen molar-refractivity contribution in [1.82, 2.24) is 14.9 Å². The van der Waals surface area contributed by atoms with Crippen LogP contribution in [0.25, 0.3) is 10.2 Å². The van der Waals surface area contributed by atoms with Crippen molar-refractivity contribution < 1.29 is 19.4 Å². The molecule has 2 aromatic rings. The number of aryl methyl sites for hydroxylation is 1. The highest BCUT2D eigenvalue weighted by atomic mass is 32.1. The van der Waals surface area contributed by atoms with Crippen LogP contribution in [0.4, 0.5) is 4.79 Å². The zero-order valence-corrected chi connectivity index (χ0v) is 20.2. The molecule has 0 bridgehead atoms. The normalized spacial score (nSPS) is 24.2. The molecule has 3 N–H and O–H groups in total. The molecule has 0 aliphatic heterocycles. The van der Waals surface area contributed by atoms with Crippen LogP contribution in [-0.4, -0.2) is 57.1 Å². The number of aromatic nitrogens is 2. The minimum absolute atomic E-state index is 0.0480. The first-order valence-electron chi connectivity index (χ1n) is 11.4. The molecule has 32 heavy (non-hydrogen) atoms. The lowest BCUT2D eigenvalue weighted by Gasteiger charge is -2.35. The predicted octanol–water partition coefficient (Wildman–Crippen LogP) is 3.95. The van der Waals surface area contributed by atoms with Crippen LogP contribution in [0.5, 0.6) is 5.88 Å². The van der Waals surface area contributed by atoms with Crippen LogP contribution in [0, 0.1) is 0 Å². The van der Waals surface area contributed by atoms with Gasteiger partial charge < -0.3 is 25.2 Å². The van der Waals surface area contributed by atoms with Crippen LogP contribution >= 0.6 is 11.3 Å². The number of ether oxygens (including phenoxy) is 2. The third-order valence-electron chi connectivity index (χ3n) is 6.37. The number of nitrogens with zero attached hydrogens (tertiary/aromatic N) is 3. The van der Waals surface area contributed by atoms with E-state index in [0.717, 1.165) is 48.7 Å². The van der Waals surface area contributed by atoms with Gasteiger partial charge in [0.15, 0.2) is 0 Å². The van der Waals surface area contributed by atoms with Gasteiger partial charge in [-0.1, -0.05) is 0 Å². The fourth-order valence-corrected chi connectivity index (χ4v) is 6.08. The van der Waals surface area contributed by atoms with Crippen molar-refractivity contribution in [2.75, 3.05) is 7.05 Å². The first-order chi connectivity index (χ1) is 15.1. The molecule has 0 spiro atoms. The molecule has 4 rings (SSSR count). The molecule has 0 saturated heterocycles. The minimum Gasteiger partial charge on any atom is -0.474 e. The van der Waals surface area contributed by atoms with Gasteiger partial charge in [-0.05, 0) is 77.2 Å². The van der Waals surface area contributed by atoms with Gasteiger partial charge in [-0.3, -0.25) is 0 Å². The topological polar surface area (TPSA) is 111 Å². The molecule has 2 aliphatic rings. The number of hydrogen-bond acceptors (Lipinski definition) is 8. The number of carbonyl (C=O) groups excluding carboxylic acids is 1. The number of rotatable bonds is 5. The van der Waals surface area contributed by atoms with Crippen molar-refractivity contribution >= 4 is 27.6 Å². The van der Waals surface area contributed by atoms with E-state index in [1.165, 1.54) is 10.4 Å². The van der Waals surface area contributed by atoms with Gasteiger partial charge in [0, 0.05) is 18.0 Å². The Morgan fingerprint density at radius 1 is 1.28 bits per heavy atom. The molecule has 0 aromatic carbocycles. The lowest BCUT2D eigenvalue weighted by atomic mass is 9.92. The van der Waals surface area contributed by atoms with Crippen LogP contribution in [0.2, 0.25) is 0 Å². The van der Waals surface area contributed by atoms with E-state index >= 15 is 0 Å². The first kappa shape index (κ1) is 23.2. The molecule has 2 aliphatic carbocycles. The molecule has 2 aromatic heterocycles. The van der Waals surface area contributed by atoms with Crippen molar-refractivity contribution in [2.24, 2.45) is 5.73 Å². The average Bonchev–Trinajstić information content (AvgIpc) is 3.26. The molecular weight excluding hydrogens is 428 g/mol. The Labute approximate surface area is 193 Å². The zero-order chi connectivity index (χ0) is 23.0. The summed E-state index contributed by atoms with van der Waals surface area (Å²) < 4.78 is 11.9. The average molecular weight is 463 g/mol. The van der Waals surface area contributed by atoms with Gasteiger partial charge in [0.2, 0.25) is 5.88 Å². The summed E-state index contributed by atoms with van der Waals surface area (Å²) in [6.45, 7) is 5.64. The minimum atomic E-state index is -0.827. The Hall–Kier alpha value is -1.97. The summed E-state index contributed by atoms with van der Waals surface area (Å²) in [6, 6.07) is 0.149. The van der Waals surface area contributed by atoms with E-state index in [4.69, 9.17) is 15.2 Å². The monoisotopic (exact) mass is 462 g/mol. The molecule has 176 valence electrons. The quantitative estimate of drug-likeness (QED) is 0.647. The van der Waals surface area contributed by atoms with Crippen molar-refractivity contribution in [3.8, 4) is 5.88 Å². The maximum absolute atomic E-state index is 12.4. The number of hydrogen-bond donors (Lipinski definition) is 2. The number of fused-ring (bicyclic) bond motifs is 3. The standard InChI is InChI=1S/C23H34N4O4S/c1-23(2,3)31-22(29)27(4)14-6-8-15(9-7-14)30-20-19-18-13(11-17(24)28)5-10-16(18)32-21(19)26-12-25-20/h12-15,17,28H,5-11,24H2,1-4H3/t13-,14?,15?,17?/m1/s1. The highest BCUT2D eigenvalue weighted by molar-refractivity contribution is 7.19. The molecule has 0 radical (unpaired) electrons. The number of nitrogens with two attached hydrogens (primary N) is 1. The smallest absolute Gasteiger partial charge is 0.410 e. The Morgan fingerprint density at radius 2 is 2.00 bits per heavy atom. The Bertz CT molecular complexity index is 963. The lowest BCUT2D eigenvalue weighted by molar-refractivity contribution is 0.0137. The first-order valence-corrected chi connectivity index (χ1v) is 12.3. The van der Waals surface area contributed by atoms with Crippen LogP contribution in [0.15, 0.2) is 6.33 Å². The molecule has 2 atom stereocenters. The van der Waals surface area contributed by atoms with Gasteiger partial charge in [-0.15, -0.1) is 11.3 Å². The zero-order valence-electron chi connectivity index (χ0n) is 19.3. The third kappa shape index (κ3) is 5.00. The maximum atomic E-state index is 12.4. The second-order valence-electron chi connectivity index (χ2n) is 9.98. The van der Waals surface area contributed by atoms with Crippen LogP contribution in [-0.2, 0) is 11.2 Å². The van der Waals surface area contributed by atoms with E-state index in [9.17, 15) is 9.90 Å². The van der Waals surface area contributed by atoms with Gasteiger partial charge in [0.25, 0.3) is 0 Å². The predicted molar refractivity (Wildman–Crippen MR) is 124 cm³/mol. The summed E-state index contributed by atoms with van der Waals surface area (Å²) >= 11 is 1.69. The third-order valence-corrected chi connectivity index (χ3v) is 7.55. The maximum Gasteiger partial charge on any atom is 0.410 e. The van der Waals surface area contributed by atoms with Gasteiger partial charge in [0.1, 0.15) is 29.1 Å². The molecule has 1 unspecified atom stereocenters. The summed E-state index contributed by atoms with van der Waals surface area (Å²) in [7, 11) is 1.81. The van der Waals surface area contributed by atoms with Crippen molar-refractivity contribution in [3.05, 3.63) is 16.8 Å². The second kappa shape index (κ2) is 9.11. The number of thiophene rings is 1. The summed E-state index contributed by atoms with van der Waals surface area (Å²) in [5.41, 5.74) is 6.40. The van der Waals surface area contributed by atoms with Gasteiger partial charge in [-0.2, -0.15) is 0 Å². The molecule has 1 fully saturated rings. The Morgan fingerprint density at radius 3 is 2.66 bits per heavy atom. The number of amides is 1. The highest BCUT2D eigenvalue weighted by Crippen LogP contribution is 2.47. The largest absolute Gasteiger partial charge is 0.474 e. The highest BCUT2D eigenvalue weighted by Gasteiger charge is 2.33. The van der Waals surface area contributed by atoms with E-state index in [-0.39, 0.29) is 24.2 Å². The lowest BCUT2D eigenvalue weighted by Crippen LogP contribution is -2.43. The van der Waals surface area contributed by atoms with Crippen molar-refractivity contribution in [1.29, 1.82) is 0 Å². The molecule has 1 saturated carbocycles. The summed E-state index contributed by atoms with van der Waals surface area (Å²) in [5.74, 6) is 0.847. The van der Waals surface area contributed by atoms with Crippen molar-refractivity contribution in [2.45, 2.75) is 95.6 Å². The molecule has 8 nitrogen and oxygen atoms in total. The number of aliphatic hydroxyl groups excluding tert-OH is 1. The Kier molecular flexibility index (Phi) is 6.61. The molecule has 2 heterocycles. The molecule has 9 heteroatoms. The summed E-state index contributed by atoms with van der Waals surface area (Å²) in [5, 5.41) is 10.7. The summed E-state index contributed by atoms with van der Waals surface area (Å²) in [6.07, 6.45) is 6.43. The van der Waals surface area contributed by atoms with E-state index < -0.39 is 11.8 Å². The van der Waals surface area contributed by atoms with E-state index in [1.54, 1.807) is 22.6 Å². The second-order valence-corrected chi connectivity index (χ2v) is 11.1. The van der Waals surface area contributed by atoms with Gasteiger partial charge in [0.05, 0.1) is 5.39 Å². The Balaban J connectivity index is 1.44. The van der Waals surface area contributed by atoms with E-state index in [2.05, 4.69) is 9.97 Å².